The number of aliphatic imine (C=N–C) groups is 1. The molecule has 1 aliphatic heterocycles. The van der Waals surface area contributed by atoms with Crippen molar-refractivity contribution in [2.45, 2.75) is 31.7 Å². The van der Waals surface area contributed by atoms with Gasteiger partial charge in [0.15, 0.2) is 0 Å². The van der Waals surface area contributed by atoms with Crippen molar-refractivity contribution in [3.63, 3.8) is 0 Å². The average Bonchev–Trinajstić information content (AvgIpc) is 2.99. The third kappa shape index (κ3) is 5.72. The number of fused-ring (bicyclic) bond motifs is 1. The Morgan fingerprint density at radius 1 is 1.14 bits per heavy atom. The molecule has 3 aromatic carbocycles. The Balaban J connectivity index is 1.63. The second-order valence-corrected chi connectivity index (χ2v) is 9.50. The number of anilines is 1. The SMILES string of the molecule is CC(C(=O)NC1N=C(c2ccccc2F)c2cc(Cl)ccc2N(C)C1=O)C(O)C(N)Cc1ccccc1. The van der Waals surface area contributed by atoms with Crippen LogP contribution in [0.5, 0.6) is 0 Å². The number of benzodiazepines with no additional fused rings is 1. The zero-order valence-corrected chi connectivity index (χ0v) is 21.2. The van der Waals surface area contributed by atoms with Crippen LogP contribution in [-0.2, 0) is 16.0 Å². The Bertz CT molecular complexity index is 1330. The van der Waals surface area contributed by atoms with Crippen LogP contribution in [-0.4, -0.2) is 48.0 Å². The molecule has 7 nitrogen and oxygen atoms in total. The summed E-state index contributed by atoms with van der Waals surface area (Å²) in [5.74, 6) is -2.61. The second-order valence-electron chi connectivity index (χ2n) is 9.06. The maximum absolute atomic E-state index is 14.8. The van der Waals surface area contributed by atoms with Gasteiger partial charge in [-0.05, 0) is 42.3 Å². The molecule has 4 N–H and O–H groups in total. The minimum absolute atomic E-state index is 0.159. The first-order valence-electron chi connectivity index (χ1n) is 11.9. The third-order valence-corrected chi connectivity index (χ3v) is 6.72. The molecule has 4 rings (SSSR count). The van der Waals surface area contributed by atoms with Gasteiger partial charge in [0.25, 0.3) is 5.91 Å². The van der Waals surface area contributed by atoms with Crippen LogP contribution in [0.1, 0.15) is 23.6 Å². The highest BCUT2D eigenvalue weighted by Gasteiger charge is 2.35. The van der Waals surface area contributed by atoms with E-state index in [2.05, 4.69) is 10.3 Å². The Morgan fingerprint density at radius 2 is 1.81 bits per heavy atom. The number of halogens is 2. The van der Waals surface area contributed by atoms with Crippen molar-refractivity contribution >= 4 is 34.8 Å². The van der Waals surface area contributed by atoms with Crippen molar-refractivity contribution in [2.75, 3.05) is 11.9 Å². The normalized spacial score (nSPS) is 17.8. The number of rotatable bonds is 7. The van der Waals surface area contributed by atoms with E-state index in [0.717, 1.165) is 5.56 Å². The van der Waals surface area contributed by atoms with Crippen LogP contribution in [0.3, 0.4) is 0 Å². The number of carbonyl (C=O) groups excluding carboxylic acids is 2. The van der Waals surface area contributed by atoms with Gasteiger partial charge in [0.2, 0.25) is 12.1 Å². The lowest BCUT2D eigenvalue weighted by molar-refractivity contribution is -0.132. The lowest BCUT2D eigenvalue weighted by Gasteiger charge is -2.26. The summed E-state index contributed by atoms with van der Waals surface area (Å²) in [5.41, 5.74) is 8.37. The number of aliphatic hydroxyl groups excluding tert-OH is 1. The predicted molar refractivity (Wildman–Crippen MR) is 142 cm³/mol. The van der Waals surface area contributed by atoms with Gasteiger partial charge in [-0.25, -0.2) is 9.38 Å². The summed E-state index contributed by atoms with van der Waals surface area (Å²) >= 11 is 6.23. The highest BCUT2D eigenvalue weighted by molar-refractivity contribution is 6.32. The molecule has 0 spiro atoms. The Hall–Kier alpha value is -3.59. The van der Waals surface area contributed by atoms with Crippen LogP contribution >= 0.6 is 11.6 Å². The average molecular weight is 523 g/mol. The molecule has 3 aromatic rings. The van der Waals surface area contributed by atoms with E-state index in [1.165, 1.54) is 17.9 Å². The molecular formula is C28H28ClFN4O3. The summed E-state index contributed by atoms with van der Waals surface area (Å²) in [6, 6.07) is 19.6. The van der Waals surface area contributed by atoms with Crippen LogP contribution in [0.15, 0.2) is 77.8 Å². The molecule has 9 heteroatoms. The van der Waals surface area contributed by atoms with E-state index in [-0.39, 0.29) is 11.3 Å². The molecule has 1 aliphatic rings. The molecule has 0 radical (unpaired) electrons. The van der Waals surface area contributed by atoms with Crippen molar-refractivity contribution in [1.29, 1.82) is 0 Å². The summed E-state index contributed by atoms with van der Waals surface area (Å²) in [6.45, 7) is 1.53. The summed E-state index contributed by atoms with van der Waals surface area (Å²) in [5, 5.41) is 13.8. The summed E-state index contributed by atoms with van der Waals surface area (Å²) < 4.78 is 14.8. The van der Waals surface area contributed by atoms with Crippen LogP contribution in [0.4, 0.5) is 10.1 Å². The molecule has 4 atom stereocenters. The molecule has 2 amide bonds. The van der Waals surface area contributed by atoms with E-state index in [0.29, 0.717) is 22.7 Å². The van der Waals surface area contributed by atoms with E-state index in [1.807, 2.05) is 30.3 Å². The van der Waals surface area contributed by atoms with Crippen molar-refractivity contribution in [3.05, 3.63) is 100 Å². The Kier molecular flexibility index (Phi) is 8.02. The van der Waals surface area contributed by atoms with Gasteiger partial charge >= 0.3 is 0 Å². The molecular weight excluding hydrogens is 495 g/mol. The van der Waals surface area contributed by atoms with Crippen LogP contribution in [0, 0.1) is 11.7 Å². The number of aliphatic hydroxyl groups is 1. The molecule has 4 unspecified atom stereocenters. The molecule has 0 fully saturated rings. The van der Waals surface area contributed by atoms with E-state index in [9.17, 15) is 19.1 Å². The molecule has 0 aromatic heterocycles. The highest BCUT2D eigenvalue weighted by atomic mass is 35.5. The van der Waals surface area contributed by atoms with E-state index in [1.54, 1.807) is 43.4 Å². The number of nitrogens with two attached hydrogens (primary N) is 1. The number of nitrogens with one attached hydrogen (secondary N) is 1. The Morgan fingerprint density at radius 3 is 2.51 bits per heavy atom. The lowest BCUT2D eigenvalue weighted by atomic mass is 9.93. The topological polar surface area (TPSA) is 108 Å². The first kappa shape index (κ1) is 26.5. The number of benzene rings is 3. The number of nitrogens with zero attached hydrogens (tertiary/aromatic N) is 2. The van der Waals surface area contributed by atoms with E-state index >= 15 is 0 Å². The van der Waals surface area contributed by atoms with Gasteiger partial charge in [-0.15, -0.1) is 0 Å². The number of amides is 2. The highest BCUT2D eigenvalue weighted by Crippen LogP contribution is 2.30. The zero-order chi connectivity index (χ0) is 26.7. The molecule has 192 valence electrons. The fourth-order valence-electron chi connectivity index (χ4n) is 4.31. The van der Waals surface area contributed by atoms with Gasteiger partial charge in [0.1, 0.15) is 5.82 Å². The van der Waals surface area contributed by atoms with Gasteiger partial charge in [-0.2, -0.15) is 0 Å². The standard InChI is InChI=1S/C28H28ClFN4O3/c1-16(25(35)22(31)14-17-8-4-3-5-9-17)27(36)33-26-28(37)34(2)23-13-12-18(29)15-20(23)24(32-26)19-10-6-7-11-21(19)30/h3-13,15-16,22,25-26,35H,14,31H2,1-2H3,(H,33,36). The number of hydrogen-bond donors (Lipinski definition) is 3. The smallest absolute Gasteiger partial charge is 0.272 e. The quantitative estimate of drug-likeness (QED) is 0.442. The minimum atomic E-state index is -1.36. The summed E-state index contributed by atoms with van der Waals surface area (Å²) in [6.07, 6.45) is -2.17. The minimum Gasteiger partial charge on any atom is -0.391 e. The molecule has 1 heterocycles. The van der Waals surface area contributed by atoms with Gasteiger partial charge < -0.3 is 21.1 Å². The van der Waals surface area contributed by atoms with Gasteiger partial charge in [-0.3, -0.25) is 9.59 Å². The third-order valence-electron chi connectivity index (χ3n) is 6.48. The van der Waals surface area contributed by atoms with E-state index in [4.69, 9.17) is 17.3 Å². The second kappa shape index (κ2) is 11.2. The molecule has 0 saturated carbocycles. The van der Waals surface area contributed by atoms with Crippen LogP contribution in [0.25, 0.3) is 0 Å². The maximum Gasteiger partial charge on any atom is 0.272 e. The largest absolute Gasteiger partial charge is 0.391 e. The maximum atomic E-state index is 14.8. The first-order valence-corrected chi connectivity index (χ1v) is 12.2. The fraction of sp³-hybridized carbons (Fsp3) is 0.250. The molecule has 0 bridgehead atoms. The Labute approximate surface area is 219 Å². The monoisotopic (exact) mass is 522 g/mol. The first-order chi connectivity index (χ1) is 17.7. The van der Waals surface area contributed by atoms with Crippen molar-refractivity contribution < 1.29 is 19.1 Å². The van der Waals surface area contributed by atoms with Crippen molar-refractivity contribution in [1.82, 2.24) is 5.32 Å². The molecule has 0 saturated heterocycles. The van der Waals surface area contributed by atoms with Crippen LogP contribution in [0.2, 0.25) is 5.02 Å². The number of hydrogen-bond acceptors (Lipinski definition) is 5. The number of likely N-dealkylation sites (N-methyl/N-ethyl adjacent to an activating group) is 1. The van der Waals surface area contributed by atoms with Gasteiger partial charge in [0.05, 0.1) is 23.4 Å². The zero-order valence-electron chi connectivity index (χ0n) is 20.4. The summed E-state index contributed by atoms with van der Waals surface area (Å²) in [7, 11) is 1.54. The predicted octanol–water partition coefficient (Wildman–Crippen LogP) is 3.30. The van der Waals surface area contributed by atoms with Crippen LogP contribution < -0.4 is 16.0 Å². The number of carbonyl (C=O) groups is 2. The van der Waals surface area contributed by atoms with Gasteiger partial charge in [-0.1, -0.05) is 61.0 Å². The lowest BCUT2D eigenvalue weighted by Crippen LogP contribution is -2.51. The van der Waals surface area contributed by atoms with Crippen molar-refractivity contribution in [2.24, 2.45) is 16.6 Å². The van der Waals surface area contributed by atoms with Crippen molar-refractivity contribution in [3.8, 4) is 0 Å². The van der Waals surface area contributed by atoms with Gasteiger partial charge in [0, 0.05) is 29.2 Å². The summed E-state index contributed by atoms with van der Waals surface area (Å²) in [4.78, 5) is 32.3. The molecule has 0 aliphatic carbocycles. The molecule has 37 heavy (non-hydrogen) atoms. The van der Waals surface area contributed by atoms with E-state index < -0.39 is 41.9 Å². The fourth-order valence-corrected chi connectivity index (χ4v) is 4.48.